The summed E-state index contributed by atoms with van der Waals surface area (Å²) in [5, 5.41) is 12.1. The highest BCUT2D eigenvalue weighted by atomic mass is 18.2. The number of benzene rings is 4. The van der Waals surface area contributed by atoms with Gasteiger partial charge in [-0.05, 0) is 57.3 Å². The second-order valence-electron chi connectivity index (χ2n) is 14.1. The van der Waals surface area contributed by atoms with E-state index >= 15 is 0 Å². The maximum absolute atomic E-state index is 13.4. The fourth-order valence-electron chi connectivity index (χ4n) is 5.24. The summed E-state index contributed by atoms with van der Waals surface area (Å²) in [4.78, 5) is 27.0. The molecular formula is C40H42FN5O4. The van der Waals surface area contributed by atoms with E-state index in [4.69, 9.17) is 9.47 Å². The molecule has 0 radical (unpaired) electrons. The van der Waals surface area contributed by atoms with E-state index in [0.29, 0.717) is 46.8 Å². The van der Waals surface area contributed by atoms with E-state index in [-0.39, 0.29) is 22.3 Å². The van der Waals surface area contributed by atoms with E-state index in [0.717, 1.165) is 12.8 Å². The Balaban J connectivity index is 0.000000195. The molecule has 4 aromatic carbocycles. The highest BCUT2D eigenvalue weighted by molar-refractivity contribution is 5.85. The third-order valence-electron chi connectivity index (χ3n) is 8.25. The molecule has 9 nitrogen and oxygen atoms in total. The lowest BCUT2D eigenvalue weighted by molar-refractivity contribution is -0.384. The summed E-state index contributed by atoms with van der Waals surface area (Å²) >= 11 is 0. The maximum Gasteiger partial charge on any atom is 0.270 e. The minimum absolute atomic E-state index is 0.00470. The summed E-state index contributed by atoms with van der Waals surface area (Å²) in [5.41, 5.74) is 6.54. The molecule has 0 saturated carbocycles. The highest BCUT2D eigenvalue weighted by Gasteiger charge is 2.15. The van der Waals surface area contributed by atoms with E-state index in [9.17, 15) is 14.5 Å². The van der Waals surface area contributed by atoms with Crippen LogP contribution in [0.2, 0.25) is 0 Å². The molecule has 2 heterocycles. The third kappa shape index (κ3) is 9.34. The van der Waals surface area contributed by atoms with Gasteiger partial charge < -0.3 is 9.47 Å². The monoisotopic (exact) mass is 674 g/mol. The topological polar surface area (TPSA) is 113 Å². The quantitative estimate of drug-likeness (QED) is 0.110. The number of nitro benzene ring substituents is 1. The van der Waals surface area contributed by atoms with Crippen LogP contribution in [0.3, 0.4) is 0 Å². The van der Waals surface area contributed by atoms with Crippen molar-refractivity contribution in [2.45, 2.75) is 65.2 Å². The fourth-order valence-corrected chi connectivity index (χ4v) is 5.24. The number of rotatable bonds is 9. The molecular weight excluding hydrogens is 632 g/mol. The Hall–Kier alpha value is -5.51. The molecule has 0 amide bonds. The minimum Gasteiger partial charge on any atom is -0.477 e. The first-order valence-corrected chi connectivity index (χ1v) is 16.5. The smallest absolute Gasteiger partial charge is 0.270 e. The Morgan fingerprint density at radius 1 is 0.620 bits per heavy atom. The predicted octanol–water partition coefficient (Wildman–Crippen LogP) is 9.14. The van der Waals surface area contributed by atoms with Crippen molar-refractivity contribution in [1.29, 1.82) is 0 Å². The lowest BCUT2D eigenvalue weighted by Gasteiger charge is -2.19. The van der Waals surface area contributed by atoms with E-state index in [1.54, 1.807) is 12.1 Å². The molecule has 50 heavy (non-hydrogen) atoms. The Bertz CT molecular complexity index is 2070. The molecule has 0 N–H and O–H groups in total. The minimum atomic E-state index is -0.438. The Kier molecular flexibility index (Phi) is 11.0. The SMILES string of the molecule is CC(C)(C)c1ccc(CCOc2ncnc3ccc([18F])cc23)cc1.CC(C)(C)c1ccc(CCOc2ncnc3ccc([N+](=O)[O-])cc23)cc1. The van der Waals surface area contributed by atoms with Crippen LogP contribution in [0.4, 0.5) is 10.1 Å². The standard InChI is InChI=1S/C20H21FN2O.C20H21N3O3/c1-20(2,3)15-6-4-14(5-7-15)10-11-24-19-17-12-16(21)8-9-18(17)22-13-23-19;1-20(2,3)15-6-4-14(5-7-15)10-11-26-19-17-12-16(23(24)25)8-9-18(17)21-13-22-19/h4-9,12-13H,10-11H2,1-3H3;4-9,12-13H,10-11H2,1-3H3/i21-1;. The van der Waals surface area contributed by atoms with Gasteiger partial charge in [0.2, 0.25) is 11.8 Å². The van der Waals surface area contributed by atoms with Crippen molar-refractivity contribution in [3.8, 4) is 11.8 Å². The molecule has 0 fully saturated rings. The zero-order valence-electron chi connectivity index (χ0n) is 29.3. The number of nitro groups is 1. The van der Waals surface area contributed by atoms with Crippen molar-refractivity contribution in [3.05, 3.63) is 136 Å². The zero-order chi connectivity index (χ0) is 35.9. The molecule has 0 atom stereocenters. The number of nitrogens with zero attached hydrogens (tertiary/aromatic N) is 5. The van der Waals surface area contributed by atoms with Crippen LogP contribution < -0.4 is 9.47 Å². The van der Waals surface area contributed by atoms with E-state index in [1.165, 1.54) is 59.2 Å². The lowest BCUT2D eigenvalue weighted by atomic mass is 9.86. The Morgan fingerprint density at radius 2 is 1.06 bits per heavy atom. The summed E-state index contributed by atoms with van der Waals surface area (Å²) in [6.45, 7) is 14.1. The molecule has 0 aliphatic rings. The van der Waals surface area contributed by atoms with E-state index in [2.05, 4.69) is 110 Å². The third-order valence-corrected chi connectivity index (χ3v) is 8.25. The number of hydrogen-bond acceptors (Lipinski definition) is 8. The summed E-state index contributed by atoms with van der Waals surface area (Å²) < 4.78 is 25.0. The van der Waals surface area contributed by atoms with Gasteiger partial charge in [-0.25, -0.2) is 24.3 Å². The van der Waals surface area contributed by atoms with Crippen molar-refractivity contribution in [2.75, 3.05) is 13.2 Å². The van der Waals surface area contributed by atoms with Gasteiger partial charge in [0.25, 0.3) is 5.69 Å². The van der Waals surface area contributed by atoms with E-state index in [1.807, 2.05) is 0 Å². The number of fused-ring (bicyclic) bond motifs is 2. The number of non-ortho nitro benzene ring substituents is 1. The van der Waals surface area contributed by atoms with Crippen LogP contribution in [0.1, 0.15) is 63.8 Å². The fraction of sp³-hybridized carbons (Fsp3) is 0.300. The molecule has 0 spiro atoms. The van der Waals surface area contributed by atoms with Gasteiger partial charge in [0.15, 0.2) is 0 Å². The second kappa shape index (κ2) is 15.4. The van der Waals surface area contributed by atoms with Gasteiger partial charge in [-0.1, -0.05) is 90.1 Å². The molecule has 0 unspecified atom stereocenters. The predicted molar refractivity (Wildman–Crippen MR) is 194 cm³/mol. The Morgan fingerprint density at radius 3 is 1.50 bits per heavy atom. The molecule has 0 bridgehead atoms. The van der Waals surface area contributed by atoms with Crippen LogP contribution in [-0.4, -0.2) is 38.1 Å². The summed E-state index contributed by atoms with van der Waals surface area (Å²) in [7, 11) is 0. The first-order chi connectivity index (χ1) is 23.8. The van der Waals surface area contributed by atoms with Crippen molar-refractivity contribution >= 4 is 27.5 Å². The zero-order valence-corrected chi connectivity index (χ0v) is 29.3. The van der Waals surface area contributed by atoms with Crippen LogP contribution in [0.25, 0.3) is 21.8 Å². The lowest BCUT2D eigenvalue weighted by Crippen LogP contribution is -2.11. The summed E-state index contributed by atoms with van der Waals surface area (Å²) in [6.07, 6.45) is 4.34. The van der Waals surface area contributed by atoms with Gasteiger partial charge in [-0.15, -0.1) is 0 Å². The first kappa shape index (κ1) is 35.8. The number of halogens is 1. The van der Waals surface area contributed by atoms with Crippen LogP contribution in [0, 0.1) is 15.9 Å². The van der Waals surface area contributed by atoms with Gasteiger partial charge in [0.05, 0.1) is 39.9 Å². The summed E-state index contributed by atoms with van der Waals surface area (Å²) in [6, 6.07) is 25.9. The van der Waals surface area contributed by atoms with Crippen molar-refractivity contribution in [1.82, 2.24) is 19.9 Å². The van der Waals surface area contributed by atoms with Crippen LogP contribution in [0.5, 0.6) is 11.8 Å². The molecule has 0 aliphatic carbocycles. The first-order valence-electron chi connectivity index (χ1n) is 16.5. The Labute approximate surface area is 291 Å². The number of ether oxygens (including phenoxy) is 2. The van der Waals surface area contributed by atoms with Gasteiger partial charge in [0, 0.05) is 25.0 Å². The molecule has 10 heteroatoms. The second-order valence-corrected chi connectivity index (χ2v) is 14.1. The van der Waals surface area contributed by atoms with Crippen molar-refractivity contribution in [3.63, 3.8) is 0 Å². The molecule has 0 aliphatic heterocycles. The van der Waals surface area contributed by atoms with E-state index < -0.39 is 4.92 Å². The normalized spacial score (nSPS) is 11.6. The molecule has 6 aromatic rings. The largest absolute Gasteiger partial charge is 0.477 e. The highest BCUT2D eigenvalue weighted by Crippen LogP contribution is 2.27. The van der Waals surface area contributed by atoms with Gasteiger partial charge >= 0.3 is 0 Å². The average molecular weight is 675 g/mol. The average Bonchev–Trinajstić information content (AvgIpc) is 3.08. The van der Waals surface area contributed by atoms with Crippen LogP contribution in [0.15, 0.2) is 97.6 Å². The summed E-state index contributed by atoms with van der Waals surface area (Å²) in [5.74, 6) is 0.468. The maximum atomic E-state index is 13.4. The molecule has 2 aromatic heterocycles. The van der Waals surface area contributed by atoms with Crippen molar-refractivity contribution < 1.29 is 18.8 Å². The van der Waals surface area contributed by atoms with Gasteiger partial charge in [-0.3, -0.25) is 10.1 Å². The number of aromatic nitrogens is 4. The van der Waals surface area contributed by atoms with Crippen LogP contribution >= 0.6 is 0 Å². The molecule has 258 valence electrons. The number of hydrogen-bond donors (Lipinski definition) is 0. The van der Waals surface area contributed by atoms with Crippen LogP contribution in [-0.2, 0) is 23.7 Å². The molecule has 0 saturated heterocycles. The van der Waals surface area contributed by atoms with Gasteiger partial charge in [-0.2, -0.15) is 0 Å². The van der Waals surface area contributed by atoms with Crippen molar-refractivity contribution in [2.24, 2.45) is 0 Å². The van der Waals surface area contributed by atoms with Gasteiger partial charge in [0.1, 0.15) is 18.5 Å². The molecule has 6 rings (SSSR count).